The summed E-state index contributed by atoms with van der Waals surface area (Å²) in [4.78, 5) is 4.37. The van der Waals surface area contributed by atoms with Gasteiger partial charge in [0.2, 0.25) is 0 Å². The first-order chi connectivity index (χ1) is 9.61. The van der Waals surface area contributed by atoms with Gasteiger partial charge in [0, 0.05) is 23.2 Å². The number of nitrogens with one attached hydrogen (secondary N) is 1. The van der Waals surface area contributed by atoms with E-state index < -0.39 is 11.6 Å². The number of aromatic nitrogens is 1. The van der Waals surface area contributed by atoms with Gasteiger partial charge in [-0.2, -0.15) is 0 Å². The summed E-state index contributed by atoms with van der Waals surface area (Å²) in [6, 6.07) is 8.96. The zero-order valence-electron chi connectivity index (χ0n) is 10.2. The second kappa shape index (κ2) is 5.34. The van der Waals surface area contributed by atoms with Crippen molar-refractivity contribution in [2.75, 3.05) is 5.32 Å². The summed E-state index contributed by atoms with van der Waals surface area (Å²) in [7, 11) is 0. The molecule has 0 atom stereocenters. The van der Waals surface area contributed by atoms with Crippen molar-refractivity contribution in [1.82, 2.24) is 4.98 Å². The van der Waals surface area contributed by atoms with Crippen LogP contribution >= 0.6 is 22.9 Å². The minimum atomic E-state index is -0.583. The summed E-state index contributed by atoms with van der Waals surface area (Å²) in [6.45, 7) is 0.250. The molecule has 2 nitrogen and oxygen atoms in total. The molecule has 3 aromatic rings. The van der Waals surface area contributed by atoms with Crippen LogP contribution in [0.1, 0.15) is 5.56 Å². The number of halogens is 3. The highest BCUT2D eigenvalue weighted by molar-refractivity contribution is 7.22. The number of thiazole rings is 1. The van der Waals surface area contributed by atoms with Gasteiger partial charge in [-0.25, -0.2) is 13.8 Å². The van der Waals surface area contributed by atoms with Gasteiger partial charge in [0.1, 0.15) is 11.6 Å². The van der Waals surface area contributed by atoms with Crippen LogP contribution in [0.5, 0.6) is 0 Å². The van der Waals surface area contributed by atoms with Crippen molar-refractivity contribution in [1.29, 1.82) is 0 Å². The predicted molar refractivity (Wildman–Crippen MR) is 78.3 cm³/mol. The molecule has 1 N–H and O–H groups in total. The maximum absolute atomic E-state index is 13.5. The average molecular weight is 311 g/mol. The summed E-state index contributed by atoms with van der Waals surface area (Å²) in [6.07, 6.45) is 0. The third kappa shape index (κ3) is 2.73. The summed E-state index contributed by atoms with van der Waals surface area (Å²) in [5.41, 5.74) is 1.23. The summed E-state index contributed by atoms with van der Waals surface area (Å²) < 4.78 is 27.3. The van der Waals surface area contributed by atoms with Crippen LogP contribution in [-0.4, -0.2) is 4.98 Å². The van der Waals surface area contributed by atoms with Crippen molar-refractivity contribution in [3.8, 4) is 0 Å². The van der Waals surface area contributed by atoms with E-state index in [1.54, 1.807) is 6.07 Å². The van der Waals surface area contributed by atoms with Gasteiger partial charge in [0.05, 0.1) is 10.2 Å². The van der Waals surface area contributed by atoms with Gasteiger partial charge in [-0.05, 0) is 24.3 Å². The maximum Gasteiger partial charge on any atom is 0.184 e. The third-order valence-corrected chi connectivity index (χ3v) is 4.01. The molecule has 6 heteroatoms. The van der Waals surface area contributed by atoms with Crippen molar-refractivity contribution in [3.63, 3.8) is 0 Å². The number of fused-ring (bicyclic) bond motifs is 1. The molecular formula is C14H9ClF2N2S. The Balaban J connectivity index is 1.79. The highest BCUT2D eigenvalue weighted by atomic mass is 35.5. The van der Waals surface area contributed by atoms with Crippen molar-refractivity contribution in [3.05, 3.63) is 58.6 Å². The van der Waals surface area contributed by atoms with Gasteiger partial charge in [0.15, 0.2) is 5.13 Å². The fraction of sp³-hybridized carbons (Fsp3) is 0.0714. The van der Waals surface area contributed by atoms with Crippen molar-refractivity contribution < 1.29 is 8.78 Å². The van der Waals surface area contributed by atoms with Crippen molar-refractivity contribution in [2.45, 2.75) is 6.54 Å². The van der Waals surface area contributed by atoms with Crippen molar-refractivity contribution >= 4 is 38.3 Å². The standard InChI is InChI=1S/C14H9ClF2N2S/c15-9-2-4-12-13(5-9)20-14(19-12)18-7-8-1-3-10(16)6-11(8)17/h1-6H,7H2,(H,18,19). The first-order valence-corrected chi connectivity index (χ1v) is 7.05. The number of anilines is 1. The van der Waals surface area contributed by atoms with Crippen LogP contribution in [0.25, 0.3) is 10.2 Å². The lowest BCUT2D eigenvalue weighted by Gasteiger charge is -2.04. The van der Waals surface area contributed by atoms with E-state index in [1.807, 2.05) is 12.1 Å². The van der Waals surface area contributed by atoms with E-state index in [9.17, 15) is 8.78 Å². The van der Waals surface area contributed by atoms with Gasteiger partial charge in [-0.3, -0.25) is 0 Å². The monoisotopic (exact) mass is 310 g/mol. The lowest BCUT2D eigenvalue weighted by atomic mass is 10.2. The maximum atomic E-state index is 13.5. The van der Waals surface area contributed by atoms with Crippen LogP contribution in [0.15, 0.2) is 36.4 Å². The van der Waals surface area contributed by atoms with E-state index in [-0.39, 0.29) is 6.54 Å². The normalized spacial score (nSPS) is 10.9. The zero-order chi connectivity index (χ0) is 14.1. The molecule has 0 radical (unpaired) electrons. The number of nitrogens with zero attached hydrogens (tertiary/aromatic N) is 1. The highest BCUT2D eigenvalue weighted by Gasteiger charge is 2.07. The van der Waals surface area contributed by atoms with E-state index in [0.29, 0.717) is 15.7 Å². The zero-order valence-corrected chi connectivity index (χ0v) is 11.7. The molecule has 0 spiro atoms. The first kappa shape index (κ1) is 13.3. The predicted octanol–water partition coefficient (Wildman–Crippen LogP) is 4.84. The van der Waals surface area contributed by atoms with Crippen LogP contribution in [0.4, 0.5) is 13.9 Å². The second-order valence-electron chi connectivity index (χ2n) is 4.22. The van der Waals surface area contributed by atoms with Crippen LogP contribution in [0.3, 0.4) is 0 Å². The van der Waals surface area contributed by atoms with Gasteiger partial charge >= 0.3 is 0 Å². The van der Waals surface area contributed by atoms with Gasteiger partial charge in [0.25, 0.3) is 0 Å². The molecule has 1 heterocycles. The van der Waals surface area contributed by atoms with E-state index in [1.165, 1.54) is 23.5 Å². The van der Waals surface area contributed by atoms with Gasteiger partial charge in [-0.15, -0.1) is 0 Å². The van der Waals surface area contributed by atoms with Gasteiger partial charge in [-0.1, -0.05) is 29.0 Å². The first-order valence-electron chi connectivity index (χ1n) is 5.86. The molecule has 20 heavy (non-hydrogen) atoms. The molecule has 0 fully saturated rings. The molecule has 0 saturated carbocycles. The molecule has 3 rings (SSSR count). The SMILES string of the molecule is Fc1ccc(CNc2nc3ccc(Cl)cc3s2)c(F)c1. The Morgan fingerprint density at radius 2 is 2.00 bits per heavy atom. The number of hydrogen-bond acceptors (Lipinski definition) is 3. The number of hydrogen-bond donors (Lipinski definition) is 1. The summed E-state index contributed by atoms with van der Waals surface area (Å²) >= 11 is 7.35. The van der Waals surface area contributed by atoms with Crippen LogP contribution in [0.2, 0.25) is 5.02 Å². The molecule has 2 aromatic carbocycles. The van der Waals surface area contributed by atoms with E-state index in [2.05, 4.69) is 10.3 Å². The van der Waals surface area contributed by atoms with Crippen LogP contribution < -0.4 is 5.32 Å². The van der Waals surface area contributed by atoms with E-state index in [0.717, 1.165) is 16.3 Å². The van der Waals surface area contributed by atoms with E-state index in [4.69, 9.17) is 11.6 Å². The summed E-state index contributed by atoms with van der Waals surface area (Å²) in [5.74, 6) is -1.15. The molecular weight excluding hydrogens is 302 g/mol. The minimum Gasteiger partial charge on any atom is -0.357 e. The summed E-state index contributed by atoms with van der Waals surface area (Å²) in [5, 5.41) is 4.35. The Morgan fingerprint density at radius 3 is 2.80 bits per heavy atom. The molecule has 0 saturated heterocycles. The quantitative estimate of drug-likeness (QED) is 0.748. The topological polar surface area (TPSA) is 24.9 Å². The van der Waals surface area contributed by atoms with Crippen LogP contribution in [-0.2, 0) is 6.54 Å². The van der Waals surface area contributed by atoms with Crippen LogP contribution in [0, 0.1) is 11.6 Å². The molecule has 0 bridgehead atoms. The second-order valence-corrected chi connectivity index (χ2v) is 5.69. The molecule has 0 aliphatic carbocycles. The Hall–Kier alpha value is -1.72. The van der Waals surface area contributed by atoms with Gasteiger partial charge < -0.3 is 5.32 Å². The Bertz CT molecular complexity index is 773. The Kier molecular flexibility index (Phi) is 3.54. The average Bonchev–Trinajstić information content (AvgIpc) is 2.79. The largest absolute Gasteiger partial charge is 0.357 e. The van der Waals surface area contributed by atoms with Crippen molar-refractivity contribution in [2.24, 2.45) is 0 Å². The minimum absolute atomic E-state index is 0.250. The number of benzene rings is 2. The molecule has 0 aliphatic rings. The third-order valence-electron chi connectivity index (χ3n) is 2.80. The molecule has 0 amide bonds. The fourth-order valence-corrected chi connectivity index (χ4v) is 2.95. The molecule has 1 aromatic heterocycles. The highest BCUT2D eigenvalue weighted by Crippen LogP contribution is 2.28. The smallest absolute Gasteiger partial charge is 0.184 e. The lowest BCUT2D eigenvalue weighted by Crippen LogP contribution is -2.01. The molecule has 102 valence electrons. The van der Waals surface area contributed by atoms with E-state index >= 15 is 0 Å². The Morgan fingerprint density at radius 1 is 1.15 bits per heavy atom. The molecule has 0 aliphatic heterocycles. The number of rotatable bonds is 3. The Labute approximate surface area is 123 Å². The fourth-order valence-electron chi connectivity index (χ4n) is 1.81. The molecule has 0 unspecified atom stereocenters. The lowest BCUT2D eigenvalue weighted by molar-refractivity contribution is 0.574.